The Balaban J connectivity index is 1.66. The number of alkyl halides is 1. The van der Waals surface area contributed by atoms with Gasteiger partial charge in [-0.1, -0.05) is 0 Å². The van der Waals surface area contributed by atoms with E-state index in [-0.39, 0.29) is 18.4 Å². The van der Waals surface area contributed by atoms with Gasteiger partial charge < -0.3 is 16.4 Å². The zero-order valence-electron chi connectivity index (χ0n) is 11.2. The Bertz CT molecular complexity index is 520. The smallest absolute Gasteiger partial charge is 0.239 e. The Morgan fingerprint density at radius 1 is 1.50 bits per heavy atom. The summed E-state index contributed by atoms with van der Waals surface area (Å²) in [6, 6.07) is -0.545. The van der Waals surface area contributed by atoms with Gasteiger partial charge in [0.1, 0.15) is 6.17 Å². The van der Waals surface area contributed by atoms with E-state index in [2.05, 4.69) is 4.98 Å². The second-order valence-corrected chi connectivity index (χ2v) is 6.74. The molecule has 0 bridgehead atoms. The van der Waals surface area contributed by atoms with E-state index in [0.29, 0.717) is 18.1 Å². The molecule has 20 heavy (non-hydrogen) atoms. The van der Waals surface area contributed by atoms with Gasteiger partial charge >= 0.3 is 0 Å². The Hall–Kier alpha value is -1.21. The van der Waals surface area contributed by atoms with Crippen LogP contribution in [0.15, 0.2) is 0 Å². The van der Waals surface area contributed by atoms with Crippen molar-refractivity contribution in [3.63, 3.8) is 0 Å². The number of nitrogen functional groups attached to an aromatic ring is 1. The Morgan fingerprint density at radius 3 is 3.00 bits per heavy atom. The molecular weight excluding hydrogens is 279 g/mol. The van der Waals surface area contributed by atoms with Gasteiger partial charge in [-0.3, -0.25) is 4.79 Å². The molecule has 2 heterocycles. The molecule has 1 aliphatic heterocycles. The number of anilines is 1. The van der Waals surface area contributed by atoms with E-state index in [1.54, 1.807) is 4.90 Å². The number of amides is 1. The lowest BCUT2D eigenvalue weighted by atomic mass is 9.85. The summed E-state index contributed by atoms with van der Waals surface area (Å²) in [6.45, 7) is 0.678. The lowest BCUT2D eigenvalue weighted by molar-refractivity contribution is -0.133. The van der Waals surface area contributed by atoms with Crippen LogP contribution in [0.5, 0.6) is 0 Å². The molecule has 1 amide bonds. The lowest BCUT2D eigenvalue weighted by Crippen LogP contribution is -2.48. The predicted molar refractivity (Wildman–Crippen MR) is 76.1 cm³/mol. The molecule has 7 heteroatoms. The van der Waals surface area contributed by atoms with Gasteiger partial charge in [0.05, 0.1) is 18.3 Å². The standard InChI is InChI=1S/C13H19FN4OS/c14-8-3-4-18(6-8)12(19)11(15)7-1-2-9-10(5-7)20-13(16)17-9/h7-8,11H,1-6,15H2,(H2,16,17)/t7?,8?,11-/m0/s1. The third-order valence-corrected chi connectivity index (χ3v) is 5.18. The van der Waals surface area contributed by atoms with Crippen molar-refractivity contribution in [3.8, 4) is 0 Å². The van der Waals surface area contributed by atoms with Crippen LogP contribution in [0.4, 0.5) is 9.52 Å². The van der Waals surface area contributed by atoms with Crippen LogP contribution in [-0.2, 0) is 17.6 Å². The minimum absolute atomic E-state index is 0.105. The van der Waals surface area contributed by atoms with Crippen molar-refractivity contribution in [2.24, 2.45) is 11.7 Å². The van der Waals surface area contributed by atoms with Crippen LogP contribution in [0.2, 0.25) is 0 Å². The SMILES string of the molecule is Nc1nc2c(s1)CC([C@H](N)C(=O)N1CCC(F)C1)CC2. The van der Waals surface area contributed by atoms with E-state index in [1.165, 1.54) is 11.3 Å². The summed E-state index contributed by atoms with van der Waals surface area (Å²) in [7, 11) is 0. The molecule has 3 rings (SSSR count). The molecule has 1 aromatic heterocycles. The molecule has 5 nitrogen and oxygen atoms in total. The first-order valence-electron chi connectivity index (χ1n) is 6.97. The highest BCUT2D eigenvalue weighted by atomic mass is 32.1. The summed E-state index contributed by atoms with van der Waals surface area (Å²) < 4.78 is 13.2. The highest BCUT2D eigenvalue weighted by Crippen LogP contribution is 2.32. The second kappa shape index (κ2) is 5.29. The molecule has 2 aliphatic rings. The first-order valence-corrected chi connectivity index (χ1v) is 7.78. The number of aromatic nitrogens is 1. The average molecular weight is 298 g/mol. The molecule has 1 saturated heterocycles. The highest BCUT2D eigenvalue weighted by molar-refractivity contribution is 7.15. The van der Waals surface area contributed by atoms with E-state index in [0.717, 1.165) is 29.8 Å². The van der Waals surface area contributed by atoms with Crippen LogP contribution in [0.25, 0.3) is 0 Å². The first kappa shape index (κ1) is 13.8. The van der Waals surface area contributed by atoms with Crippen LogP contribution in [0.1, 0.15) is 23.4 Å². The minimum Gasteiger partial charge on any atom is -0.375 e. The monoisotopic (exact) mass is 298 g/mol. The lowest BCUT2D eigenvalue weighted by Gasteiger charge is -2.29. The average Bonchev–Trinajstić information content (AvgIpc) is 3.00. The maximum atomic E-state index is 13.2. The molecule has 1 aliphatic carbocycles. The number of aryl methyl sites for hydroxylation is 1. The number of fused-ring (bicyclic) bond motifs is 1. The molecule has 1 fully saturated rings. The van der Waals surface area contributed by atoms with Gasteiger partial charge in [0.2, 0.25) is 5.91 Å². The molecular formula is C13H19FN4OS. The van der Waals surface area contributed by atoms with Crippen molar-refractivity contribution in [3.05, 3.63) is 10.6 Å². The maximum absolute atomic E-state index is 13.2. The Morgan fingerprint density at radius 2 is 2.30 bits per heavy atom. The van der Waals surface area contributed by atoms with Crippen LogP contribution in [0.3, 0.4) is 0 Å². The molecule has 0 radical (unpaired) electrons. The van der Waals surface area contributed by atoms with Crippen molar-refractivity contribution in [2.45, 2.75) is 37.9 Å². The number of nitrogens with zero attached hydrogens (tertiary/aromatic N) is 2. The van der Waals surface area contributed by atoms with Crippen LogP contribution in [-0.4, -0.2) is 41.1 Å². The molecule has 0 aromatic carbocycles. The topological polar surface area (TPSA) is 85.2 Å². The van der Waals surface area contributed by atoms with Gasteiger partial charge in [0.25, 0.3) is 0 Å². The van der Waals surface area contributed by atoms with E-state index in [4.69, 9.17) is 11.5 Å². The van der Waals surface area contributed by atoms with Gasteiger partial charge in [-0.25, -0.2) is 9.37 Å². The number of carbonyl (C=O) groups is 1. The van der Waals surface area contributed by atoms with Gasteiger partial charge in [-0.05, 0) is 31.6 Å². The van der Waals surface area contributed by atoms with Crippen LogP contribution < -0.4 is 11.5 Å². The fraction of sp³-hybridized carbons (Fsp3) is 0.692. The number of halogens is 1. The second-order valence-electron chi connectivity index (χ2n) is 5.62. The Labute approximate surface area is 121 Å². The molecule has 1 aromatic rings. The summed E-state index contributed by atoms with van der Waals surface area (Å²) in [5.74, 6) is -0.00963. The Kier molecular flexibility index (Phi) is 3.64. The van der Waals surface area contributed by atoms with Gasteiger partial charge in [-0.2, -0.15) is 0 Å². The third kappa shape index (κ3) is 2.52. The molecule has 0 spiro atoms. The molecule has 2 unspecified atom stereocenters. The number of nitrogens with two attached hydrogens (primary N) is 2. The van der Waals surface area contributed by atoms with Crippen LogP contribution >= 0.6 is 11.3 Å². The summed E-state index contributed by atoms with van der Waals surface area (Å²) in [5.41, 5.74) is 12.9. The van der Waals surface area contributed by atoms with Crippen molar-refractivity contribution in [1.29, 1.82) is 0 Å². The van der Waals surface area contributed by atoms with Crippen LogP contribution in [0, 0.1) is 5.92 Å². The van der Waals surface area contributed by atoms with E-state index in [1.807, 2.05) is 0 Å². The number of rotatable bonds is 2. The number of hydrogen-bond acceptors (Lipinski definition) is 5. The normalized spacial score (nSPS) is 27.4. The van der Waals surface area contributed by atoms with Gasteiger partial charge in [0, 0.05) is 11.4 Å². The number of carbonyl (C=O) groups excluding carboxylic acids is 1. The van der Waals surface area contributed by atoms with Crippen molar-refractivity contribution in [1.82, 2.24) is 9.88 Å². The zero-order valence-corrected chi connectivity index (χ0v) is 12.0. The molecule has 0 saturated carbocycles. The highest BCUT2D eigenvalue weighted by Gasteiger charge is 2.35. The van der Waals surface area contributed by atoms with Gasteiger partial charge in [-0.15, -0.1) is 11.3 Å². The van der Waals surface area contributed by atoms with Crippen molar-refractivity contribution >= 4 is 22.4 Å². The number of hydrogen-bond donors (Lipinski definition) is 2. The van der Waals surface area contributed by atoms with Crippen molar-refractivity contribution in [2.75, 3.05) is 18.8 Å². The summed E-state index contributed by atoms with van der Waals surface area (Å²) in [5, 5.41) is 0.579. The van der Waals surface area contributed by atoms with E-state index < -0.39 is 12.2 Å². The number of likely N-dealkylation sites (tertiary alicyclic amines) is 1. The molecule has 4 N–H and O–H groups in total. The maximum Gasteiger partial charge on any atom is 0.239 e. The zero-order chi connectivity index (χ0) is 14.3. The fourth-order valence-electron chi connectivity index (χ4n) is 3.06. The first-order chi connectivity index (χ1) is 9.54. The third-order valence-electron chi connectivity index (χ3n) is 4.23. The summed E-state index contributed by atoms with van der Waals surface area (Å²) in [4.78, 5) is 19.3. The molecule has 3 atom stereocenters. The molecule has 110 valence electrons. The van der Waals surface area contributed by atoms with E-state index >= 15 is 0 Å². The summed E-state index contributed by atoms with van der Waals surface area (Å²) in [6.07, 6.45) is 1.95. The van der Waals surface area contributed by atoms with Gasteiger partial charge in [0.15, 0.2) is 5.13 Å². The quantitative estimate of drug-likeness (QED) is 0.843. The summed E-state index contributed by atoms with van der Waals surface area (Å²) >= 11 is 1.48. The van der Waals surface area contributed by atoms with E-state index in [9.17, 15) is 9.18 Å². The largest absolute Gasteiger partial charge is 0.375 e. The minimum atomic E-state index is -0.898. The predicted octanol–water partition coefficient (Wildman–Crippen LogP) is 0.728. The van der Waals surface area contributed by atoms with Crippen molar-refractivity contribution < 1.29 is 9.18 Å². The number of thiazole rings is 1. The fourth-order valence-corrected chi connectivity index (χ4v) is 4.03.